The molecule has 7 nitrogen and oxygen atoms in total. The summed E-state index contributed by atoms with van der Waals surface area (Å²) in [5.74, 6) is -1.47. The fourth-order valence-electron chi connectivity index (χ4n) is 5.00. The van der Waals surface area contributed by atoms with Gasteiger partial charge in [0.25, 0.3) is 5.91 Å². The molecule has 1 aliphatic carbocycles. The van der Waals surface area contributed by atoms with Crippen molar-refractivity contribution in [3.8, 4) is 0 Å². The molecule has 5 rings (SSSR count). The zero-order valence-electron chi connectivity index (χ0n) is 19.6. The van der Waals surface area contributed by atoms with Crippen molar-refractivity contribution in [3.05, 3.63) is 80.7 Å². The van der Waals surface area contributed by atoms with Crippen LogP contribution in [-0.4, -0.2) is 59.2 Å². The van der Waals surface area contributed by atoms with Gasteiger partial charge in [-0.25, -0.2) is 0 Å². The monoisotopic (exact) mass is 523 g/mol. The molecular formula is C27H26ClN3O4S. The third-order valence-corrected chi connectivity index (χ3v) is 8.37. The fraction of sp³-hybridized carbons (Fsp3) is 0.333. The summed E-state index contributed by atoms with van der Waals surface area (Å²) < 4.78 is 0. The molecule has 2 aromatic carbocycles. The van der Waals surface area contributed by atoms with Gasteiger partial charge in [-0.15, -0.1) is 11.8 Å². The lowest BCUT2D eigenvalue weighted by Crippen LogP contribution is -2.63. The van der Waals surface area contributed by atoms with Crippen LogP contribution >= 0.6 is 23.4 Å². The van der Waals surface area contributed by atoms with E-state index in [-0.39, 0.29) is 46.6 Å². The number of rotatable bonds is 6. The maximum Gasteiger partial charge on any atom is 0.251 e. The summed E-state index contributed by atoms with van der Waals surface area (Å²) in [5.41, 5.74) is -0.176. The zero-order valence-corrected chi connectivity index (χ0v) is 21.2. The van der Waals surface area contributed by atoms with Crippen molar-refractivity contribution >= 4 is 46.7 Å². The molecule has 2 aliphatic heterocycles. The molecule has 2 N–H and O–H groups in total. The number of fused-ring (bicyclic) bond motifs is 1. The van der Waals surface area contributed by atoms with Gasteiger partial charge in [0, 0.05) is 28.4 Å². The number of carbonyl (C=O) groups is 4. The van der Waals surface area contributed by atoms with Crippen molar-refractivity contribution in [2.75, 3.05) is 25.4 Å². The van der Waals surface area contributed by atoms with E-state index in [0.29, 0.717) is 10.6 Å². The van der Waals surface area contributed by atoms with E-state index in [0.717, 1.165) is 49.7 Å². The van der Waals surface area contributed by atoms with E-state index >= 15 is 0 Å². The molecule has 186 valence electrons. The molecule has 9 heteroatoms. The normalized spacial score (nSPS) is 21.7. The number of nitrogens with one attached hydrogen (secondary N) is 2. The van der Waals surface area contributed by atoms with Gasteiger partial charge >= 0.3 is 0 Å². The van der Waals surface area contributed by atoms with Crippen LogP contribution in [0.3, 0.4) is 0 Å². The van der Waals surface area contributed by atoms with E-state index in [9.17, 15) is 19.2 Å². The van der Waals surface area contributed by atoms with E-state index in [1.54, 1.807) is 48.5 Å². The van der Waals surface area contributed by atoms with Gasteiger partial charge in [-0.05, 0) is 43.6 Å². The lowest BCUT2D eigenvalue weighted by Gasteiger charge is -2.33. The lowest BCUT2D eigenvalue weighted by atomic mass is 9.79. The average molecular weight is 524 g/mol. The highest BCUT2D eigenvalue weighted by molar-refractivity contribution is 8.04. The summed E-state index contributed by atoms with van der Waals surface area (Å²) in [4.78, 5) is 56.2. The number of ketones is 2. The lowest BCUT2D eigenvalue weighted by molar-refractivity contribution is -0.132. The van der Waals surface area contributed by atoms with Crippen molar-refractivity contribution < 1.29 is 19.2 Å². The molecule has 0 radical (unpaired) electrons. The quantitative estimate of drug-likeness (QED) is 0.602. The largest absolute Gasteiger partial charge is 0.350 e. The first-order chi connectivity index (χ1) is 17.4. The standard InChI is InChI=1S/C27H26ClN3O4S/c28-18-10-8-17(9-11-18)14-29-26(35)27(30-21(32)15-31-12-4-1-5-13-31)16-36-25-22(27)23(33)19-6-2-3-7-20(19)24(25)34/h2-3,6-11H,1,4-5,12-16H2,(H,29,35)(H,30,32)/t27-/m0/s1. The predicted octanol–water partition coefficient (Wildman–Crippen LogP) is 3.38. The second kappa shape index (κ2) is 10.2. The summed E-state index contributed by atoms with van der Waals surface area (Å²) in [6.45, 7) is 1.96. The minimum atomic E-state index is -1.64. The van der Waals surface area contributed by atoms with Gasteiger partial charge in [0.05, 0.1) is 17.0 Å². The highest BCUT2D eigenvalue weighted by atomic mass is 35.5. The predicted molar refractivity (Wildman–Crippen MR) is 139 cm³/mol. The van der Waals surface area contributed by atoms with E-state index in [2.05, 4.69) is 15.5 Å². The average Bonchev–Trinajstić information content (AvgIpc) is 3.28. The smallest absolute Gasteiger partial charge is 0.251 e. The summed E-state index contributed by atoms with van der Waals surface area (Å²) >= 11 is 7.12. The number of Topliss-reactive ketones (excluding diaryl/α,β-unsaturated/α-hetero) is 2. The van der Waals surface area contributed by atoms with Gasteiger partial charge in [0.15, 0.2) is 11.3 Å². The first kappa shape index (κ1) is 24.7. The van der Waals surface area contributed by atoms with Crippen molar-refractivity contribution in [1.82, 2.24) is 15.5 Å². The van der Waals surface area contributed by atoms with Crippen LogP contribution in [0.1, 0.15) is 45.5 Å². The Hall–Kier alpha value is -2.94. The molecule has 1 saturated heterocycles. The number of amides is 2. The molecule has 3 aliphatic rings. The molecule has 2 amide bonds. The minimum Gasteiger partial charge on any atom is -0.350 e. The molecule has 36 heavy (non-hydrogen) atoms. The second-order valence-corrected chi connectivity index (χ2v) is 10.7. The first-order valence-electron chi connectivity index (χ1n) is 12.0. The van der Waals surface area contributed by atoms with Crippen LogP contribution in [0.2, 0.25) is 5.02 Å². The molecule has 1 fully saturated rings. The highest BCUT2D eigenvalue weighted by Crippen LogP contribution is 2.45. The topological polar surface area (TPSA) is 95.6 Å². The summed E-state index contributed by atoms with van der Waals surface area (Å²) in [6, 6.07) is 13.7. The molecule has 0 spiro atoms. The number of thioether (sulfide) groups is 1. The summed E-state index contributed by atoms with van der Waals surface area (Å²) in [6.07, 6.45) is 3.18. The highest BCUT2D eigenvalue weighted by Gasteiger charge is 2.55. The Morgan fingerprint density at radius 2 is 1.61 bits per heavy atom. The second-order valence-electron chi connectivity index (χ2n) is 9.30. The maximum atomic E-state index is 13.8. The van der Waals surface area contributed by atoms with Gasteiger partial charge in [-0.3, -0.25) is 24.1 Å². The third kappa shape index (κ3) is 4.61. The number of nitrogens with zero attached hydrogens (tertiary/aromatic N) is 1. The van der Waals surface area contributed by atoms with E-state index in [1.165, 1.54) is 0 Å². The fourth-order valence-corrected chi connectivity index (χ4v) is 6.49. The Morgan fingerprint density at radius 1 is 0.944 bits per heavy atom. The van der Waals surface area contributed by atoms with Crippen molar-refractivity contribution in [2.45, 2.75) is 31.3 Å². The number of hydrogen-bond acceptors (Lipinski definition) is 6. The van der Waals surface area contributed by atoms with Gasteiger partial charge in [0.1, 0.15) is 0 Å². The maximum absolute atomic E-state index is 13.8. The van der Waals surface area contributed by atoms with Crippen LogP contribution < -0.4 is 10.6 Å². The van der Waals surface area contributed by atoms with Crippen molar-refractivity contribution in [3.63, 3.8) is 0 Å². The minimum absolute atomic E-state index is 0.0665. The van der Waals surface area contributed by atoms with Gasteiger partial charge in [0.2, 0.25) is 11.7 Å². The number of allylic oxidation sites excluding steroid dienone is 1. The summed E-state index contributed by atoms with van der Waals surface area (Å²) in [7, 11) is 0. The van der Waals surface area contributed by atoms with Crippen molar-refractivity contribution in [1.29, 1.82) is 0 Å². The van der Waals surface area contributed by atoms with Crippen LogP contribution in [0.25, 0.3) is 0 Å². The van der Waals surface area contributed by atoms with E-state index in [1.807, 2.05) is 0 Å². The van der Waals surface area contributed by atoms with Crippen LogP contribution in [0.4, 0.5) is 0 Å². The Bertz CT molecular complexity index is 1270. The van der Waals surface area contributed by atoms with Crippen LogP contribution in [-0.2, 0) is 16.1 Å². The molecular weight excluding hydrogens is 498 g/mol. The Balaban J connectivity index is 1.46. The Kier molecular flexibility index (Phi) is 7.01. The van der Waals surface area contributed by atoms with Crippen LogP contribution in [0.15, 0.2) is 59.0 Å². The molecule has 1 atom stereocenters. The van der Waals surface area contributed by atoms with E-state index < -0.39 is 17.2 Å². The molecule has 0 bridgehead atoms. The molecule has 0 aromatic heterocycles. The number of likely N-dealkylation sites (tertiary alicyclic amines) is 1. The zero-order chi connectivity index (χ0) is 25.3. The summed E-state index contributed by atoms with van der Waals surface area (Å²) in [5, 5.41) is 6.36. The molecule has 2 heterocycles. The van der Waals surface area contributed by atoms with Crippen LogP contribution in [0.5, 0.6) is 0 Å². The van der Waals surface area contributed by atoms with Gasteiger partial charge < -0.3 is 10.6 Å². The Labute approximate surface area is 218 Å². The van der Waals surface area contributed by atoms with Crippen LogP contribution in [0, 0.1) is 0 Å². The van der Waals surface area contributed by atoms with Gasteiger partial charge in [-0.2, -0.15) is 0 Å². The number of carbonyl (C=O) groups excluding carboxylic acids is 4. The molecule has 2 aromatic rings. The number of piperidine rings is 1. The third-order valence-electron chi connectivity index (χ3n) is 6.86. The van der Waals surface area contributed by atoms with E-state index in [4.69, 9.17) is 11.6 Å². The first-order valence-corrected chi connectivity index (χ1v) is 13.4. The van der Waals surface area contributed by atoms with Crippen molar-refractivity contribution in [2.24, 2.45) is 0 Å². The number of halogens is 1. The SMILES string of the molecule is O=C(CN1CCCCC1)N[C@@]1(C(=O)NCc2ccc(Cl)cc2)CSC2=C1C(=O)c1ccccc1C2=O. The van der Waals surface area contributed by atoms with Gasteiger partial charge in [-0.1, -0.05) is 54.4 Å². The number of hydrogen-bond donors (Lipinski definition) is 2. The molecule has 0 unspecified atom stereocenters. The molecule has 0 saturated carbocycles. The number of benzene rings is 2. The Morgan fingerprint density at radius 3 is 2.31 bits per heavy atom.